The van der Waals surface area contributed by atoms with Crippen LogP contribution in [0.5, 0.6) is 0 Å². The SMILES string of the molecule is CN(Cc1ccc(F)c(C(=O)O)c1)CC(F)F. The molecule has 0 aliphatic rings. The van der Waals surface area contributed by atoms with Crippen LogP contribution < -0.4 is 0 Å². The van der Waals surface area contributed by atoms with Crippen LogP contribution in [0.15, 0.2) is 18.2 Å². The number of hydrogen-bond acceptors (Lipinski definition) is 2. The number of alkyl halides is 2. The zero-order chi connectivity index (χ0) is 13.0. The van der Waals surface area contributed by atoms with Crippen molar-refractivity contribution in [3.63, 3.8) is 0 Å². The lowest BCUT2D eigenvalue weighted by Crippen LogP contribution is -2.24. The van der Waals surface area contributed by atoms with E-state index in [0.29, 0.717) is 5.56 Å². The van der Waals surface area contributed by atoms with Gasteiger partial charge in [-0.15, -0.1) is 0 Å². The van der Waals surface area contributed by atoms with Gasteiger partial charge in [0.2, 0.25) is 0 Å². The summed E-state index contributed by atoms with van der Waals surface area (Å²) in [4.78, 5) is 12.0. The van der Waals surface area contributed by atoms with Gasteiger partial charge < -0.3 is 5.11 Å². The third-order valence-corrected chi connectivity index (χ3v) is 2.16. The maximum atomic E-state index is 13.1. The number of rotatable bonds is 5. The molecular formula is C11H12F3NO2. The van der Waals surface area contributed by atoms with Crippen molar-refractivity contribution in [3.8, 4) is 0 Å². The Hall–Kier alpha value is -1.56. The molecule has 0 aliphatic carbocycles. The van der Waals surface area contributed by atoms with E-state index in [0.717, 1.165) is 12.1 Å². The minimum atomic E-state index is -2.46. The van der Waals surface area contributed by atoms with E-state index in [9.17, 15) is 18.0 Å². The number of aromatic carboxylic acids is 1. The van der Waals surface area contributed by atoms with Crippen molar-refractivity contribution in [2.75, 3.05) is 13.6 Å². The van der Waals surface area contributed by atoms with E-state index < -0.39 is 30.3 Å². The highest BCUT2D eigenvalue weighted by atomic mass is 19.3. The molecule has 1 rings (SSSR count). The van der Waals surface area contributed by atoms with E-state index in [1.165, 1.54) is 18.0 Å². The highest BCUT2D eigenvalue weighted by Gasteiger charge is 2.13. The molecule has 0 unspecified atom stereocenters. The molecular weight excluding hydrogens is 235 g/mol. The molecule has 0 aromatic heterocycles. The van der Waals surface area contributed by atoms with Gasteiger partial charge in [-0.05, 0) is 24.7 Å². The summed E-state index contributed by atoms with van der Waals surface area (Å²) in [5.41, 5.74) is 0.0277. The van der Waals surface area contributed by atoms with Crippen molar-refractivity contribution in [1.29, 1.82) is 0 Å². The molecule has 1 N–H and O–H groups in total. The highest BCUT2D eigenvalue weighted by molar-refractivity contribution is 5.88. The normalized spacial score (nSPS) is 11.2. The number of carboxylic acids is 1. The van der Waals surface area contributed by atoms with Gasteiger partial charge in [0.1, 0.15) is 5.82 Å². The smallest absolute Gasteiger partial charge is 0.338 e. The summed E-state index contributed by atoms with van der Waals surface area (Å²) in [6, 6.07) is 3.55. The van der Waals surface area contributed by atoms with E-state index in [2.05, 4.69) is 0 Å². The molecule has 0 heterocycles. The Kier molecular flexibility index (Phi) is 4.51. The Balaban J connectivity index is 2.79. The third kappa shape index (κ3) is 4.07. The van der Waals surface area contributed by atoms with Crippen LogP contribution in [-0.4, -0.2) is 36.0 Å². The maximum absolute atomic E-state index is 13.1. The number of carbonyl (C=O) groups is 1. The Morgan fingerprint density at radius 1 is 1.47 bits per heavy atom. The van der Waals surface area contributed by atoms with Crippen molar-refractivity contribution in [2.45, 2.75) is 13.0 Å². The monoisotopic (exact) mass is 247 g/mol. The summed E-state index contributed by atoms with van der Waals surface area (Å²) in [6.45, 7) is -0.273. The molecule has 1 aromatic rings. The highest BCUT2D eigenvalue weighted by Crippen LogP contribution is 2.12. The maximum Gasteiger partial charge on any atom is 0.338 e. The summed E-state index contributed by atoms with van der Waals surface area (Å²) >= 11 is 0. The second-order valence-electron chi connectivity index (χ2n) is 3.71. The van der Waals surface area contributed by atoms with Gasteiger partial charge in [0.15, 0.2) is 0 Å². The molecule has 6 heteroatoms. The Morgan fingerprint density at radius 3 is 2.65 bits per heavy atom. The topological polar surface area (TPSA) is 40.5 Å². The quantitative estimate of drug-likeness (QED) is 0.867. The van der Waals surface area contributed by atoms with Crippen LogP contribution in [0.4, 0.5) is 13.2 Å². The molecule has 0 saturated carbocycles. The first-order valence-corrected chi connectivity index (χ1v) is 4.88. The van der Waals surface area contributed by atoms with Gasteiger partial charge in [0, 0.05) is 6.54 Å². The van der Waals surface area contributed by atoms with Crippen LogP contribution >= 0.6 is 0 Å². The van der Waals surface area contributed by atoms with E-state index in [4.69, 9.17) is 5.11 Å². The summed E-state index contributed by atoms with van der Waals surface area (Å²) in [7, 11) is 1.48. The first-order valence-electron chi connectivity index (χ1n) is 4.88. The van der Waals surface area contributed by atoms with Gasteiger partial charge in [0.05, 0.1) is 12.1 Å². The van der Waals surface area contributed by atoms with E-state index in [-0.39, 0.29) is 6.54 Å². The fraction of sp³-hybridized carbons (Fsp3) is 0.364. The fourth-order valence-corrected chi connectivity index (χ4v) is 1.45. The second-order valence-corrected chi connectivity index (χ2v) is 3.71. The Bertz CT molecular complexity index is 410. The molecule has 0 bridgehead atoms. The average molecular weight is 247 g/mol. The molecule has 17 heavy (non-hydrogen) atoms. The number of benzene rings is 1. The zero-order valence-corrected chi connectivity index (χ0v) is 9.16. The largest absolute Gasteiger partial charge is 0.478 e. The molecule has 0 aliphatic heterocycles. The first kappa shape index (κ1) is 13.5. The lowest BCUT2D eigenvalue weighted by atomic mass is 10.1. The molecule has 0 atom stereocenters. The van der Waals surface area contributed by atoms with Gasteiger partial charge in [-0.2, -0.15) is 0 Å². The Morgan fingerprint density at radius 2 is 2.12 bits per heavy atom. The average Bonchev–Trinajstić information content (AvgIpc) is 2.19. The Labute approximate surface area is 96.5 Å². The number of nitrogens with zero attached hydrogens (tertiary/aromatic N) is 1. The molecule has 0 amide bonds. The van der Waals surface area contributed by atoms with Crippen molar-refractivity contribution in [1.82, 2.24) is 4.90 Å². The third-order valence-electron chi connectivity index (χ3n) is 2.16. The standard InChI is InChI=1S/C11H12F3NO2/c1-15(6-10(13)14)5-7-2-3-9(12)8(4-7)11(16)17/h2-4,10H,5-6H2,1H3,(H,16,17). The molecule has 94 valence electrons. The molecule has 0 spiro atoms. The molecule has 0 fully saturated rings. The van der Waals surface area contributed by atoms with Crippen LogP contribution in [0.3, 0.4) is 0 Å². The summed E-state index contributed by atoms with van der Waals surface area (Å²) in [5.74, 6) is -2.21. The number of carboxylic acid groups (broad SMARTS) is 1. The minimum absolute atomic E-state index is 0.144. The van der Waals surface area contributed by atoms with Crippen molar-refractivity contribution in [2.24, 2.45) is 0 Å². The predicted octanol–water partition coefficient (Wildman–Crippen LogP) is 2.22. The lowest BCUT2D eigenvalue weighted by Gasteiger charge is -2.16. The predicted molar refractivity (Wildman–Crippen MR) is 55.7 cm³/mol. The van der Waals surface area contributed by atoms with Crippen LogP contribution in [-0.2, 0) is 6.54 Å². The van der Waals surface area contributed by atoms with E-state index in [1.807, 2.05) is 0 Å². The van der Waals surface area contributed by atoms with E-state index >= 15 is 0 Å². The van der Waals surface area contributed by atoms with Crippen LogP contribution in [0, 0.1) is 5.82 Å². The molecule has 0 saturated heterocycles. The van der Waals surface area contributed by atoms with Gasteiger partial charge in [0.25, 0.3) is 6.43 Å². The zero-order valence-electron chi connectivity index (χ0n) is 9.16. The summed E-state index contributed by atoms with van der Waals surface area (Å²) < 4.78 is 37.2. The van der Waals surface area contributed by atoms with Gasteiger partial charge in [-0.25, -0.2) is 18.0 Å². The minimum Gasteiger partial charge on any atom is -0.478 e. The first-order chi connectivity index (χ1) is 7.90. The van der Waals surface area contributed by atoms with Crippen molar-refractivity contribution in [3.05, 3.63) is 35.1 Å². The fourth-order valence-electron chi connectivity index (χ4n) is 1.45. The lowest BCUT2D eigenvalue weighted by molar-refractivity contribution is 0.0691. The van der Waals surface area contributed by atoms with Crippen molar-refractivity contribution < 1.29 is 23.1 Å². The molecule has 3 nitrogen and oxygen atoms in total. The van der Waals surface area contributed by atoms with Gasteiger partial charge in [-0.1, -0.05) is 6.07 Å². The van der Waals surface area contributed by atoms with Crippen molar-refractivity contribution >= 4 is 5.97 Å². The van der Waals surface area contributed by atoms with Crippen LogP contribution in [0.1, 0.15) is 15.9 Å². The van der Waals surface area contributed by atoms with Crippen LogP contribution in [0.2, 0.25) is 0 Å². The van der Waals surface area contributed by atoms with Gasteiger partial charge in [-0.3, -0.25) is 4.90 Å². The molecule has 1 aromatic carbocycles. The molecule has 0 radical (unpaired) electrons. The summed E-state index contributed by atoms with van der Waals surface area (Å²) in [5, 5.41) is 8.70. The number of halogens is 3. The number of hydrogen-bond donors (Lipinski definition) is 1. The van der Waals surface area contributed by atoms with Crippen LogP contribution in [0.25, 0.3) is 0 Å². The second kappa shape index (κ2) is 5.67. The summed E-state index contributed by atoms with van der Waals surface area (Å²) in [6.07, 6.45) is -2.46. The van der Waals surface area contributed by atoms with E-state index in [1.54, 1.807) is 0 Å². The van der Waals surface area contributed by atoms with Gasteiger partial charge >= 0.3 is 5.97 Å².